The van der Waals surface area contributed by atoms with E-state index in [1.165, 1.54) is 24.3 Å². The standard InChI is InChI=1S/C46H60F2N8O4/c1-7-35(53-43(57)23(3)49-5)45(59)55-29-13-9-25(17-29)39(55)21-33-31-15-11-27(47)19-37(31)51-41(33)42-34(32-16-12-28(48)20-38(32)52-42)22-40-26-10-14-30(18-26)56(40)46(60)36(8-2)54-44(58)24(4)50-6/h11-12,15-16,19-20,23-26,29-30,35-36,39-40,49-52H,7-10,13-14,17-18,21-22H2,1-6H3,(H,53,57)(H,54,58)/t23-,24-,25?,26?,29?,30?,35-,36-,39+,40+/m0/s1. The van der Waals surface area contributed by atoms with E-state index < -0.39 is 24.2 Å². The summed E-state index contributed by atoms with van der Waals surface area (Å²) in [5.41, 5.74) is 4.60. The van der Waals surface area contributed by atoms with Crippen LogP contribution in [0.4, 0.5) is 8.78 Å². The van der Waals surface area contributed by atoms with E-state index in [2.05, 4.69) is 31.2 Å². The lowest BCUT2D eigenvalue weighted by molar-refractivity contribution is -0.140. The molecule has 4 aliphatic rings. The van der Waals surface area contributed by atoms with Gasteiger partial charge in [-0.15, -0.1) is 0 Å². The van der Waals surface area contributed by atoms with Crippen LogP contribution in [-0.4, -0.2) is 106 Å². The molecule has 2 aromatic carbocycles. The Labute approximate surface area is 350 Å². The van der Waals surface area contributed by atoms with Gasteiger partial charge in [0.1, 0.15) is 23.7 Å². The zero-order valence-electron chi connectivity index (χ0n) is 35.6. The third-order valence-corrected chi connectivity index (χ3v) is 14.5. The Morgan fingerprint density at radius 2 is 1.07 bits per heavy atom. The van der Waals surface area contributed by atoms with Crippen molar-refractivity contribution < 1.29 is 28.0 Å². The highest BCUT2D eigenvalue weighted by Crippen LogP contribution is 2.48. The number of halogens is 2. The van der Waals surface area contributed by atoms with Crippen LogP contribution < -0.4 is 21.3 Å². The topological polar surface area (TPSA) is 154 Å². The van der Waals surface area contributed by atoms with Gasteiger partial charge in [0.05, 0.1) is 23.5 Å². The van der Waals surface area contributed by atoms with E-state index in [1.54, 1.807) is 40.1 Å². The van der Waals surface area contributed by atoms with Gasteiger partial charge in [-0.05, 0) is 152 Å². The Kier molecular flexibility index (Phi) is 11.8. The normalized spacial score (nSPS) is 25.3. The number of amides is 4. The van der Waals surface area contributed by atoms with Crippen LogP contribution in [0.2, 0.25) is 0 Å². The van der Waals surface area contributed by atoms with Crippen molar-refractivity contribution in [3.63, 3.8) is 0 Å². The number of rotatable bonds is 15. The molecule has 4 heterocycles. The molecule has 60 heavy (non-hydrogen) atoms. The third-order valence-electron chi connectivity index (χ3n) is 14.5. The zero-order chi connectivity index (χ0) is 42.6. The highest BCUT2D eigenvalue weighted by Gasteiger charge is 2.51. The number of carbonyl (C=O) groups is 4. The van der Waals surface area contributed by atoms with Crippen molar-refractivity contribution in [2.45, 2.75) is 140 Å². The smallest absolute Gasteiger partial charge is 0.245 e. The first-order valence-corrected chi connectivity index (χ1v) is 22.1. The molecule has 2 aliphatic carbocycles. The molecule has 0 radical (unpaired) electrons. The van der Waals surface area contributed by atoms with Gasteiger partial charge in [-0.3, -0.25) is 19.2 Å². The number of piperidine rings is 2. The van der Waals surface area contributed by atoms with Crippen LogP contribution in [0.1, 0.15) is 90.2 Å². The van der Waals surface area contributed by atoms with Crippen LogP contribution in [0.15, 0.2) is 36.4 Å². The molecular weight excluding hydrogens is 767 g/mol. The number of nitrogens with zero attached hydrogens (tertiary/aromatic N) is 2. The summed E-state index contributed by atoms with van der Waals surface area (Å²) in [7, 11) is 3.43. The molecule has 322 valence electrons. The van der Waals surface area contributed by atoms with Gasteiger partial charge < -0.3 is 41.0 Å². The molecule has 4 bridgehead atoms. The summed E-state index contributed by atoms with van der Waals surface area (Å²) >= 11 is 0. The van der Waals surface area contributed by atoms with Crippen LogP contribution in [0.5, 0.6) is 0 Å². The molecular formula is C46H60F2N8O4. The number of aromatic amines is 2. The van der Waals surface area contributed by atoms with E-state index in [9.17, 15) is 28.0 Å². The number of aromatic nitrogens is 2. The van der Waals surface area contributed by atoms with Gasteiger partial charge in [-0.25, -0.2) is 8.78 Å². The molecule has 8 rings (SSSR count). The second-order valence-electron chi connectivity index (χ2n) is 17.8. The van der Waals surface area contributed by atoms with Crippen molar-refractivity contribution in [1.82, 2.24) is 41.0 Å². The second-order valence-corrected chi connectivity index (χ2v) is 17.8. The van der Waals surface area contributed by atoms with Gasteiger partial charge in [0.2, 0.25) is 23.6 Å². The quantitative estimate of drug-likeness (QED) is 0.0939. The number of hydrogen-bond acceptors (Lipinski definition) is 6. The molecule has 2 saturated heterocycles. The number of nitrogens with one attached hydrogen (secondary N) is 6. The second kappa shape index (κ2) is 16.9. The van der Waals surface area contributed by atoms with Crippen LogP contribution in [0.25, 0.3) is 33.2 Å². The van der Waals surface area contributed by atoms with Crippen molar-refractivity contribution in [2.75, 3.05) is 14.1 Å². The molecule has 10 atom stereocenters. The summed E-state index contributed by atoms with van der Waals surface area (Å²) in [4.78, 5) is 66.1. The predicted molar refractivity (Wildman–Crippen MR) is 228 cm³/mol. The molecule has 2 aliphatic heterocycles. The van der Waals surface area contributed by atoms with Crippen molar-refractivity contribution in [3.8, 4) is 11.4 Å². The molecule has 4 unspecified atom stereocenters. The summed E-state index contributed by atoms with van der Waals surface area (Å²) in [5, 5.41) is 13.6. The summed E-state index contributed by atoms with van der Waals surface area (Å²) in [6, 6.07) is 7.09. The fourth-order valence-corrected chi connectivity index (χ4v) is 11.0. The SMILES string of the molecule is CC[C@H](NC(=O)[C@H](C)NC)C(=O)N1C2CCC(C2)[C@H]1Cc1c(-c2[nH]c3cc(F)ccc3c2C[C@@H]2C3CCC(C3)N2C(=O)[C@H](CC)NC(=O)[C@H](C)NC)[nH]c2cc(F)ccc12. The minimum absolute atomic E-state index is 0.0670. The number of fused-ring (bicyclic) bond motifs is 6. The highest BCUT2D eigenvalue weighted by molar-refractivity contribution is 5.97. The lowest BCUT2D eigenvalue weighted by Gasteiger charge is -2.38. The minimum Gasteiger partial charge on any atom is -0.353 e. The van der Waals surface area contributed by atoms with Crippen LogP contribution >= 0.6 is 0 Å². The fraction of sp³-hybridized carbons (Fsp3) is 0.565. The summed E-state index contributed by atoms with van der Waals surface area (Å²) in [6.45, 7) is 7.36. The van der Waals surface area contributed by atoms with Crippen molar-refractivity contribution in [3.05, 3.63) is 59.2 Å². The summed E-state index contributed by atoms with van der Waals surface area (Å²) in [6.07, 6.45) is 7.47. The van der Waals surface area contributed by atoms with E-state index in [-0.39, 0.29) is 71.3 Å². The average molecular weight is 827 g/mol. The Bertz CT molecular complexity index is 2130. The van der Waals surface area contributed by atoms with E-state index in [1.807, 2.05) is 23.6 Å². The molecule has 4 amide bonds. The first-order valence-electron chi connectivity index (χ1n) is 22.1. The summed E-state index contributed by atoms with van der Waals surface area (Å²) in [5.74, 6) is -0.857. The molecule has 14 heteroatoms. The third kappa shape index (κ3) is 7.47. The van der Waals surface area contributed by atoms with Gasteiger partial charge >= 0.3 is 0 Å². The van der Waals surface area contributed by atoms with E-state index >= 15 is 0 Å². The van der Waals surface area contributed by atoms with Gasteiger partial charge in [0, 0.05) is 46.0 Å². The molecule has 0 spiro atoms. The van der Waals surface area contributed by atoms with Gasteiger partial charge in [-0.1, -0.05) is 13.8 Å². The maximum Gasteiger partial charge on any atom is 0.245 e. The maximum atomic E-state index is 15.0. The molecule has 6 N–H and O–H groups in total. The average Bonchev–Trinajstić information content (AvgIpc) is 4.12. The monoisotopic (exact) mass is 826 g/mol. The molecule has 2 aromatic heterocycles. The number of H-pyrrole nitrogens is 2. The summed E-state index contributed by atoms with van der Waals surface area (Å²) < 4.78 is 29.9. The minimum atomic E-state index is -0.665. The zero-order valence-corrected chi connectivity index (χ0v) is 35.6. The predicted octanol–water partition coefficient (Wildman–Crippen LogP) is 5.44. The number of carbonyl (C=O) groups excluding carboxylic acids is 4. The van der Waals surface area contributed by atoms with Crippen LogP contribution in [0.3, 0.4) is 0 Å². The van der Waals surface area contributed by atoms with E-state index in [0.29, 0.717) is 36.7 Å². The lowest BCUT2D eigenvalue weighted by atomic mass is 9.88. The first-order chi connectivity index (χ1) is 28.8. The van der Waals surface area contributed by atoms with Gasteiger partial charge in [-0.2, -0.15) is 0 Å². The number of likely N-dealkylation sites (tertiary alicyclic amines) is 2. The van der Waals surface area contributed by atoms with Crippen LogP contribution in [-0.2, 0) is 32.0 Å². The number of likely N-dealkylation sites (N-methyl/N-ethyl adjacent to an activating group) is 2. The maximum absolute atomic E-state index is 15.0. The van der Waals surface area contributed by atoms with Crippen molar-refractivity contribution in [2.24, 2.45) is 11.8 Å². The number of benzene rings is 2. The number of hydrogen-bond donors (Lipinski definition) is 6. The Morgan fingerprint density at radius 1 is 0.667 bits per heavy atom. The Morgan fingerprint density at radius 3 is 1.43 bits per heavy atom. The Balaban J connectivity index is 1.18. The van der Waals surface area contributed by atoms with Gasteiger partial charge in [0.25, 0.3) is 0 Å². The molecule has 4 fully saturated rings. The largest absolute Gasteiger partial charge is 0.353 e. The van der Waals surface area contributed by atoms with E-state index in [0.717, 1.165) is 71.8 Å². The van der Waals surface area contributed by atoms with Crippen LogP contribution in [0, 0.1) is 23.5 Å². The van der Waals surface area contributed by atoms with Crippen molar-refractivity contribution in [1.29, 1.82) is 0 Å². The van der Waals surface area contributed by atoms with E-state index in [4.69, 9.17) is 0 Å². The fourth-order valence-electron chi connectivity index (χ4n) is 11.0. The van der Waals surface area contributed by atoms with Crippen molar-refractivity contribution >= 4 is 45.4 Å². The first kappa shape index (κ1) is 41.9. The molecule has 12 nitrogen and oxygen atoms in total. The highest BCUT2D eigenvalue weighted by atomic mass is 19.1. The van der Waals surface area contributed by atoms with Gasteiger partial charge in [0.15, 0.2) is 0 Å². The molecule has 4 aromatic rings. The molecule has 2 saturated carbocycles. The lowest BCUT2D eigenvalue weighted by Crippen LogP contribution is -2.56. The Hall–Kier alpha value is -4.82.